The first-order valence-corrected chi connectivity index (χ1v) is 6.97. The van der Waals surface area contributed by atoms with Crippen molar-refractivity contribution in [2.45, 2.75) is 19.3 Å². The van der Waals surface area contributed by atoms with Crippen molar-refractivity contribution in [3.05, 3.63) is 6.20 Å². The number of likely N-dealkylation sites (tertiary alicyclic amines) is 1. The van der Waals surface area contributed by atoms with Gasteiger partial charge in [0.25, 0.3) is 0 Å². The molecule has 0 bridgehead atoms. The molecule has 21 heavy (non-hydrogen) atoms. The molecule has 3 rings (SSSR count). The number of nitrogens with two attached hydrogens (primary N) is 1. The third-order valence-electron chi connectivity index (χ3n) is 3.55. The topological polar surface area (TPSA) is 125 Å². The summed E-state index contributed by atoms with van der Waals surface area (Å²) in [6.45, 7) is 1.86. The van der Waals surface area contributed by atoms with E-state index >= 15 is 0 Å². The molecular formula is C12H18N8O. The molecule has 1 amide bonds. The van der Waals surface area contributed by atoms with Crippen molar-refractivity contribution in [1.82, 2.24) is 25.1 Å². The van der Waals surface area contributed by atoms with E-state index in [1.54, 1.807) is 6.20 Å². The Morgan fingerprint density at radius 2 is 2.14 bits per heavy atom. The van der Waals surface area contributed by atoms with Crippen molar-refractivity contribution >= 4 is 28.7 Å². The highest BCUT2D eigenvalue weighted by Crippen LogP contribution is 2.19. The van der Waals surface area contributed by atoms with Crippen molar-refractivity contribution in [2.75, 3.05) is 30.4 Å². The second kappa shape index (κ2) is 5.92. The number of carbonyl (C=O) groups excluding carboxylic acids is 1. The number of amides is 1. The number of aromatic amines is 1. The highest BCUT2D eigenvalue weighted by atomic mass is 16.2. The second-order valence-electron chi connectivity index (χ2n) is 4.97. The van der Waals surface area contributed by atoms with Gasteiger partial charge >= 0.3 is 0 Å². The van der Waals surface area contributed by atoms with Crippen LogP contribution in [-0.4, -0.2) is 50.6 Å². The van der Waals surface area contributed by atoms with Crippen molar-refractivity contribution in [2.24, 2.45) is 5.84 Å². The summed E-state index contributed by atoms with van der Waals surface area (Å²) in [7, 11) is 0. The van der Waals surface area contributed by atoms with E-state index in [1.807, 2.05) is 4.90 Å². The average molecular weight is 290 g/mol. The Hall–Kier alpha value is -2.42. The van der Waals surface area contributed by atoms with Gasteiger partial charge < -0.3 is 10.2 Å². The first-order valence-electron chi connectivity index (χ1n) is 6.97. The fraction of sp³-hybridized carbons (Fsp3) is 0.500. The van der Waals surface area contributed by atoms with Crippen LogP contribution in [0.5, 0.6) is 0 Å². The predicted molar refractivity (Wildman–Crippen MR) is 78.4 cm³/mol. The number of anilines is 2. The summed E-state index contributed by atoms with van der Waals surface area (Å²) < 4.78 is 0. The second-order valence-corrected chi connectivity index (χ2v) is 4.97. The molecule has 5 N–H and O–H groups in total. The van der Waals surface area contributed by atoms with Gasteiger partial charge in [-0.2, -0.15) is 15.1 Å². The molecule has 0 spiro atoms. The summed E-state index contributed by atoms with van der Waals surface area (Å²) in [4.78, 5) is 22.4. The Balaban J connectivity index is 1.72. The first kappa shape index (κ1) is 13.6. The molecule has 3 heterocycles. The monoisotopic (exact) mass is 290 g/mol. The van der Waals surface area contributed by atoms with E-state index in [1.165, 1.54) is 6.42 Å². The van der Waals surface area contributed by atoms with Gasteiger partial charge in [-0.3, -0.25) is 15.3 Å². The van der Waals surface area contributed by atoms with E-state index < -0.39 is 0 Å². The minimum absolute atomic E-state index is 0.0761. The quantitative estimate of drug-likeness (QED) is 0.463. The number of carbonyl (C=O) groups is 1. The van der Waals surface area contributed by atoms with Crippen LogP contribution in [0.25, 0.3) is 11.0 Å². The molecule has 1 aliphatic heterocycles. The SMILES string of the molecule is NNc1nc(NCC(=O)N2CCCCC2)c2cn[nH]c2n1. The van der Waals surface area contributed by atoms with E-state index in [9.17, 15) is 4.79 Å². The lowest BCUT2D eigenvalue weighted by Crippen LogP contribution is -2.39. The maximum Gasteiger partial charge on any atom is 0.241 e. The normalized spacial score (nSPS) is 15.2. The van der Waals surface area contributed by atoms with E-state index in [0.717, 1.165) is 31.3 Å². The summed E-state index contributed by atoms with van der Waals surface area (Å²) >= 11 is 0. The molecule has 1 fully saturated rings. The molecule has 0 saturated carbocycles. The number of hydrogen-bond donors (Lipinski definition) is 4. The zero-order valence-electron chi connectivity index (χ0n) is 11.6. The van der Waals surface area contributed by atoms with Crippen LogP contribution in [-0.2, 0) is 4.79 Å². The van der Waals surface area contributed by atoms with Crippen molar-refractivity contribution in [3.8, 4) is 0 Å². The van der Waals surface area contributed by atoms with E-state index in [-0.39, 0.29) is 18.4 Å². The number of hydrazine groups is 1. The number of H-pyrrole nitrogens is 1. The molecule has 1 aliphatic rings. The summed E-state index contributed by atoms with van der Waals surface area (Å²) in [6.07, 6.45) is 4.96. The Morgan fingerprint density at radius 1 is 1.33 bits per heavy atom. The van der Waals surface area contributed by atoms with Gasteiger partial charge in [-0.25, -0.2) is 5.84 Å². The lowest BCUT2D eigenvalue weighted by atomic mass is 10.1. The van der Waals surface area contributed by atoms with Gasteiger partial charge in [0.05, 0.1) is 18.1 Å². The molecule has 9 heteroatoms. The van der Waals surface area contributed by atoms with Crippen LogP contribution >= 0.6 is 0 Å². The highest BCUT2D eigenvalue weighted by molar-refractivity contribution is 5.89. The van der Waals surface area contributed by atoms with Crippen LogP contribution in [0.1, 0.15) is 19.3 Å². The van der Waals surface area contributed by atoms with E-state index in [2.05, 4.69) is 30.9 Å². The maximum absolute atomic E-state index is 12.2. The molecule has 112 valence electrons. The highest BCUT2D eigenvalue weighted by Gasteiger charge is 2.17. The van der Waals surface area contributed by atoms with Crippen LogP contribution in [0.4, 0.5) is 11.8 Å². The van der Waals surface area contributed by atoms with Gasteiger partial charge in [0.1, 0.15) is 5.82 Å². The largest absolute Gasteiger partial charge is 0.360 e. The Labute approximate surface area is 121 Å². The molecule has 0 unspecified atom stereocenters. The standard InChI is InChI=1S/C12H18N8O/c13-18-12-16-10(8-6-15-19-11(8)17-12)14-7-9(21)20-4-2-1-3-5-20/h6H,1-5,7,13H2,(H3,14,15,16,17,18,19). The number of nitrogen functional groups attached to an aromatic ring is 1. The predicted octanol–water partition coefficient (Wildman–Crippen LogP) is 0.0629. The summed E-state index contributed by atoms with van der Waals surface area (Å²) in [6, 6.07) is 0. The Bertz CT molecular complexity index is 633. The van der Waals surface area contributed by atoms with Crippen LogP contribution < -0.4 is 16.6 Å². The Kier molecular flexibility index (Phi) is 3.82. The van der Waals surface area contributed by atoms with Crippen molar-refractivity contribution in [1.29, 1.82) is 0 Å². The average Bonchev–Trinajstić information content (AvgIpc) is 3.01. The number of nitrogens with zero attached hydrogens (tertiary/aromatic N) is 4. The molecular weight excluding hydrogens is 272 g/mol. The third-order valence-corrected chi connectivity index (χ3v) is 3.55. The first-order chi connectivity index (χ1) is 10.3. The van der Waals surface area contributed by atoms with Gasteiger partial charge in [-0.1, -0.05) is 0 Å². The number of rotatable bonds is 4. The van der Waals surface area contributed by atoms with Crippen LogP contribution in [0.3, 0.4) is 0 Å². The van der Waals surface area contributed by atoms with Crippen molar-refractivity contribution in [3.63, 3.8) is 0 Å². The molecule has 1 saturated heterocycles. The summed E-state index contributed by atoms with van der Waals surface area (Å²) in [5, 5.41) is 10.4. The summed E-state index contributed by atoms with van der Waals surface area (Å²) in [5.74, 6) is 6.21. The molecule has 9 nitrogen and oxygen atoms in total. The van der Waals surface area contributed by atoms with Gasteiger partial charge in [-0.05, 0) is 19.3 Å². The number of aromatic nitrogens is 4. The number of fused-ring (bicyclic) bond motifs is 1. The van der Waals surface area contributed by atoms with Crippen LogP contribution in [0, 0.1) is 0 Å². The van der Waals surface area contributed by atoms with Gasteiger partial charge in [0, 0.05) is 13.1 Å². The molecule has 0 radical (unpaired) electrons. The van der Waals surface area contributed by atoms with Gasteiger partial charge in [0.2, 0.25) is 11.9 Å². The maximum atomic E-state index is 12.2. The third kappa shape index (κ3) is 2.87. The van der Waals surface area contributed by atoms with E-state index in [0.29, 0.717) is 11.5 Å². The Morgan fingerprint density at radius 3 is 2.90 bits per heavy atom. The lowest BCUT2D eigenvalue weighted by Gasteiger charge is -2.26. The van der Waals surface area contributed by atoms with Crippen molar-refractivity contribution < 1.29 is 4.79 Å². The molecule has 0 aromatic carbocycles. The fourth-order valence-electron chi connectivity index (χ4n) is 2.45. The molecule has 0 aliphatic carbocycles. The summed E-state index contributed by atoms with van der Waals surface area (Å²) in [5.41, 5.74) is 2.96. The fourth-order valence-corrected chi connectivity index (χ4v) is 2.45. The van der Waals surface area contributed by atoms with Crippen LogP contribution in [0.2, 0.25) is 0 Å². The lowest BCUT2D eigenvalue weighted by molar-refractivity contribution is -0.130. The smallest absolute Gasteiger partial charge is 0.241 e. The minimum atomic E-state index is 0.0761. The minimum Gasteiger partial charge on any atom is -0.360 e. The van der Waals surface area contributed by atoms with Crippen LogP contribution in [0.15, 0.2) is 6.20 Å². The molecule has 2 aromatic heterocycles. The number of piperidine rings is 1. The molecule has 0 atom stereocenters. The number of nitrogens with one attached hydrogen (secondary N) is 3. The zero-order valence-corrected chi connectivity index (χ0v) is 11.6. The molecule has 2 aromatic rings. The van der Waals surface area contributed by atoms with Gasteiger partial charge in [-0.15, -0.1) is 0 Å². The van der Waals surface area contributed by atoms with E-state index in [4.69, 9.17) is 5.84 Å². The van der Waals surface area contributed by atoms with Gasteiger partial charge in [0.15, 0.2) is 5.65 Å². The number of hydrogen-bond acceptors (Lipinski definition) is 7. The zero-order chi connectivity index (χ0) is 14.7.